The standard InChI is InChI=1S/C62H52BNTe/c1-61(2,3)49-34-47(35-50(40-49)62(4,5)6)48-38-56-59-58(39-48)65-57-33-31-46(42-22-13-8-14-23-42)37-54(57)63(59)53-36-45(41-20-11-7-12-21-41)30-32-55(53)64(56)60-51(43-24-15-9-16-25-43)28-19-29-52(60)44-26-17-10-18-27-44/h7-40H,1-6H3. The van der Waals surface area contributed by atoms with E-state index in [9.17, 15) is 0 Å². The molecule has 9 aromatic rings. The van der Waals surface area contributed by atoms with Gasteiger partial charge in [0.1, 0.15) is 0 Å². The quantitative estimate of drug-likeness (QED) is 0.150. The molecule has 0 saturated carbocycles. The number of para-hydroxylation sites is 1. The Balaban J connectivity index is 1.27. The van der Waals surface area contributed by atoms with E-state index >= 15 is 0 Å². The van der Waals surface area contributed by atoms with E-state index in [4.69, 9.17) is 0 Å². The second-order valence-corrected chi connectivity index (χ2v) is 22.9. The molecule has 0 unspecified atom stereocenters. The minimum absolute atomic E-state index is 0.00613. The molecule has 0 bridgehead atoms. The zero-order valence-corrected chi connectivity index (χ0v) is 40.4. The average molecular weight is 950 g/mol. The van der Waals surface area contributed by atoms with Gasteiger partial charge in [-0.25, -0.2) is 0 Å². The molecule has 0 fully saturated rings. The zero-order valence-electron chi connectivity index (χ0n) is 38.1. The third-order valence-corrected chi connectivity index (χ3v) is 16.7. The third kappa shape index (κ3) is 7.56. The van der Waals surface area contributed by atoms with Crippen LogP contribution in [0.3, 0.4) is 0 Å². The number of rotatable bonds is 6. The van der Waals surface area contributed by atoms with Crippen LogP contribution in [-0.4, -0.2) is 27.6 Å². The first-order chi connectivity index (χ1) is 31.5. The van der Waals surface area contributed by atoms with Crippen LogP contribution in [0.2, 0.25) is 0 Å². The van der Waals surface area contributed by atoms with Gasteiger partial charge in [0.2, 0.25) is 0 Å². The van der Waals surface area contributed by atoms with E-state index in [1.54, 1.807) is 0 Å². The first-order valence-electron chi connectivity index (χ1n) is 22.9. The van der Waals surface area contributed by atoms with Crippen LogP contribution in [0.5, 0.6) is 0 Å². The van der Waals surface area contributed by atoms with Gasteiger partial charge in [-0.2, -0.15) is 0 Å². The Bertz CT molecular complexity index is 3150. The van der Waals surface area contributed by atoms with E-state index in [1.165, 1.54) is 107 Å². The van der Waals surface area contributed by atoms with Crippen molar-refractivity contribution in [2.75, 3.05) is 4.90 Å². The molecule has 0 amide bonds. The molecule has 65 heavy (non-hydrogen) atoms. The van der Waals surface area contributed by atoms with Crippen molar-refractivity contribution in [2.45, 2.75) is 52.4 Å². The number of fused-ring (bicyclic) bond motifs is 4. The molecule has 0 aromatic heterocycles. The Morgan fingerprint density at radius 1 is 0.354 bits per heavy atom. The van der Waals surface area contributed by atoms with E-state index in [0.29, 0.717) is 0 Å². The van der Waals surface area contributed by atoms with Gasteiger partial charge in [0.15, 0.2) is 0 Å². The van der Waals surface area contributed by atoms with Crippen molar-refractivity contribution in [1.82, 2.24) is 0 Å². The van der Waals surface area contributed by atoms with Gasteiger partial charge in [0.05, 0.1) is 0 Å². The predicted molar refractivity (Wildman–Crippen MR) is 282 cm³/mol. The van der Waals surface area contributed by atoms with Crippen molar-refractivity contribution in [3.05, 3.63) is 217 Å². The van der Waals surface area contributed by atoms with Gasteiger partial charge in [0.25, 0.3) is 0 Å². The summed E-state index contributed by atoms with van der Waals surface area (Å²) < 4.78 is 3.04. The molecule has 9 aromatic carbocycles. The molecule has 0 aliphatic carbocycles. The summed E-state index contributed by atoms with van der Waals surface area (Å²) in [7, 11) is 0. The van der Waals surface area contributed by atoms with Crippen LogP contribution in [0.25, 0.3) is 55.6 Å². The molecule has 11 rings (SSSR count). The minimum atomic E-state index is -0.816. The number of nitrogens with zero attached hydrogens (tertiary/aromatic N) is 1. The van der Waals surface area contributed by atoms with E-state index in [2.05, 4.69) is 253 Å². The van der Waals surface area contributed by atoms with Gasteiger partial charge < -0.3 is 0 Å². The van der Waals surface area contributed by atoms with Crippen LogP contribution >= 0.6 is 0 Å². The van der Waals surface area contributed by atoms with E-state index < -0.39 is 20.9 Å². The van der Waals surface area contributed by atoms with Gasteiger partial charge in [-0.3, -0.25) is 0 Å². The first-order valence-corrected chi connectivity index (χ1v) is 25.3. The fourth-order valence-electron chi connectivity index (χ4n) is 9.93. The Kier molecular flexibility index (Phi) is 10.3. The topological polar surface area (TPSA) is 3.24 Å². The van der Waals surface area contributed by atoms with Crippen molar-refractivity contribution in [1.29, 1.82) is 0 Å². The van der Waals surface area contributed by atoms with Gasteiger partial charge >= 0.3 is 399 Å². The summed E-state index contributed by atoms with van der Waals surface area (Å²) in [4.78, 5) is 2.67. The molecular formula is C62H52BNTe. The van der Waals surface area contributed by atoms with Crippen molar-refractivity contribution >= 4 is 68.3 Å². The number of benzene rings is 9. The molecule has 314 valence electrons. The Hall–Kier alpha value is -6.37. The number of anilines is 3. The number of hydrogen-bond donors (Lipinski definition) is 0. The van der Waals surface area contributed by atoms with Crippen LogP contribution in [0.1, 0.15) is 52.7 Å². The van der Waals surface area contributed by atoms with Crippen molar-refractivity contribution < 1.29 is 0 Å². The van der Waals surface area contributed by atoms with Crippen LogP contribution < -0.4 is 28.5 Å². The van der Waals surface area contributed by atoms with Gasteiger partial charge in [0, 0.05) is 0 Å². The van der Waals surface area contributed by atoms with Crippen LogP contribution in [-0.2, 0) is 10.8 Å². The van der Waals surface area contributed by atoms with E-state index in [-0.39, 0.29) is 17.5 Å². The average Bonchev–Trinajstić information content (AvgIpc) is 3.33. The van der Waals surface area contributed by atoms with E-state index in [1.807, 2.05) is 0 Å². The maximum absolute atomic E-state index is 2.67. The number of hydrogen-bond acceptors (Lipinski definition) is 1. The summed E-state index contributed by atoms with van der Waals surface area (Å²) in [6, 6.07) is 78.0. The second kappa shape index (κ2) is 16.3. The summed E-state index contributed by atoms with van der Waals surface area (Å²) in [6.07, 6.45) is 0. The molecule has 0 atom stereocenters. The molecule has 0 N–H and O–H groups in total. The van der Waals surface area contributed by atoms with Crippen LogP contribution in [0.4, 0.5) is 17.1 Å². The van der Waals surface area contributed by atoms with Gasteiger partial charge in [-0.05, 0) is 0 Å². The summed E-state index contributed by atoms with van der Waals surface area (Å²) in [6.45, 7) is 14.1. The third-order valence-electron chi connectivity index (χ3n) is 13.4. The Labute approximate surface area is 396 Å². The summed E-state index contributed by atoms with van der Waals surface area (Å²) in [5, 5.41) is 0. The monoisotopic (exact) mass is 951 g/mol. The fourth-order valence-corrected chi connectivity index (χ4v) is 13.3. The van der Waals surface area contributed by atoms with Crippen molar-refractivity contribution in [3.8, 4) is 55.6 Å². The first kappa shape index (κ1) is 41.3. The SMILES string of the molecule is CC(C)(C)c1cc(-c2cc3c4c(c2)N(c2c(-c5ccccc5)cccc2-c2ccccc2)c2ccc(-c5ccccc5)cc2B4c2cc(-c4ccccc4)ccc2[Te]3)cc(C(C)(C)C)c1. The summed E-state index contributed by atoms with van der Waals surface area (Å²) in [5.41, 5.74) is 23.1. The van der Waals surface area contributed by atoms with E-state index in [0.717, 1.165) is 0 Å². The van der Waals surface area contributed by atoms with Crippen molar-refractivity contribution in [2.24, 2.45) is 0 Å². The van der Waals surface area contributed by atoms with Crippen LogP contribution in [0, 0.1) is 0 Å². The molecule has 0 saturated heterocycles. The maximum atomic E-state index is 2.67. The molecular weight excluding hydrogens is 897 g/mol. The van der Waals surface area contributed by atoms with Crippen molar-refractivity contribution in [3.63, 3.8) is 0 Å². The zero-order chi connectivity index (χ0) is 44.5. The normalized spacial score (nSPS) is 13.0. The Morgan fingerprint density at radius 2 is 0.831 bits per heavy atom. The van der Waals surface area contributed by atoms with Crippen LogP contribution in [0.15, 0.2) is 206 Å². The molecule has 1 nitrogen and oxygen atoms in total. The predicted octanol–water partition coefficient (Wildman–Crippen LogP) is 12.9. The molecule has 3 heteroatoms. The molecule has 2 heterocycles. The molecule has 0 spiro atoms. The Morgan fingerprint density at radius 3 is 1.35 bits per heavy atom. The summed E-state index contributed by atoms with van der Waals surface area (Å²) >= 11 is -0.816. The fraction of sp³-hybridized carbons (Fsp3) is 0.129. The second-order valence-electron chi connectivity index (χ2n) is 19.8. The summed E-state index contributed by atoms with van der Waals surface area (Å²) in [5.74, 6) is 0. The molecule has 0 radical (unpaired) electrons. The molecule has 2 aliphatic heterocycles. The van der Waals surface area contributed by atoms with Gasteiger partial charge in [-0.15, -0.1) is 0 Å². The van der Waals surface area contributed by atoms with Gasteiger partial charge in [-0.1, -0.05) is 0 Å². The molecule has 2 aliphatic rings.